The van der Waals surface area contributed by atoms with Crippen LogP contribution < -0.4 is 0 Å². The summed E-state index contributed by atoms with van der Waals surface area (Å²) in [6.45, 7) is 0. The quantitative estimate of drug-likeness (QED) is 0.821. The molecule has 1 atom stereocenters. The Bertz CT molecular complexity index is 416. The van der Waals surface area contributed by atoms with Crippen LogP contribution >= 0.6 is 11.6 Å². The molecule has 0 aromatic carbocycles. The van der Waals surface area contributed by atoms with E-state index in [1.165, 1.54) is 18.7 Å². The average Bonchev–Trinajstić information content (AvgIpc) is 2.65. The number of aliphatic hydroxyl groups is 1. The van der Waals surface area contributed by atoms with Crippen molar-refractivity contribution in [2.45, 2.75) is 6.10 Å². The molecule has 0 aliphatic heterocycles. The first kappa shape index (κ1) is 9.18. The lowest BCUT2D eigenvalue weighted by Gasteiger charge is -2.05. The van der Waals surface area contributed by atoms with Crippen LogP contribution in [0.2, 0.25) is 5.22 Å². The number of hydrogen-bond donors (Lipinski definition) is 1. The van der Waals surface area contributed by atoms with Gasteiger partial charge in [0.15, 0.2) is 5.22 Å². The van der Waals surface area contributed by atoms with Gasteiger partial charge in [-0.2, -0.15) is 0 Å². The maximum Gasteiger partial charge on any atom is 0.193 e. The molecule has 72 valence electrons. The van der Waals surface area contributed by atoms with E-state index in [2.05, 4.69) is 9.97 Å². The fourth-order valence-corrected chi connectivity index (χ4v) is 1.24. The van der Waals surface area contributed by atoms with E-state index in [9.17, 15) is 5.11 Å². The number of rotatable bonds is 2. The van der Waals surface area contributed by atoms with Crippen LogP contribution in [0.4, 0.5) is 0 Å². The predicted octanol–water partition coefficient (Wildman–Crippen LogP) is 1.80. The molecule has 4 nitrogen and oxygen atoms in total. The first-order valence-electron chi connectivity index (χ1n) is 3.95. The molecule has 2 heterocycles. The van der Waals surface area contributed by atoms with Crippen LogP contribution in [0.1, 0.15) is 17.4 Å². The van der Waals surface area contributed by atoms with Crippen LogP contribution in [0.15, 0.2) is 35.3 Å². The summed E-state index contributed by atoms with van der Waals surface area (Å²) in [6, 6.07) is 3.18. The molecule has 0 amide bonds. The topological polar surface area (TPSA) is 59.2 Å². The highest BCUT2D eigenvalue weighted by atomic mass is 35.5. The van der Waals surface area contributed by atoms with Crippen molar-refractivity contribution in [3.63, 3.8) is 0 Å². The van der Waals surface area contributed by atoms with Gasteiger partial charge in [-0.15, -0.1) is 0 Å². The van der Waals surface area contributed by atoms with E-state index in [-0.39, 0.29) is 5.22 Å². The van der Waals surface area contributed by atoms with E-state index in [1.54, 1.807) is 12.1 Å². The summed E-state index contributed by atoms with van der Waals surface area (Å²) in [5, 5.41) is 10.0. The lowest BCUT2D eigenvalue weighted by atomic mass is 10.1. The molecule has 0 saturated carbocycles. The summed E-state index contributed by atoms with van der Waals surface area (Å²) in [7, 11) is 0. The summed E-state index contributed by atoms with van der Waals surface area (Å²) >= 11 is 5.58. The smallest absolute Gasteiger partial charge is 0.193 e. The van der Waals surface area contributed by atoms with Gasteiger partial charge in [-0.3, -0.25) is 0 Å². The van der Waals surface area contributed by atoms with E-state index >= 15 is 0 Å². The maximum atomic E-state index is 9.77. The molecule has 14 heavy (non-hydrogen) atoms. The number of hydrogen-bond acceptors (Lipinski definition) is 4. The summed E-state index contributed by atoms with van der Waals surface area (Å²) in [6.07, 6.45) is 3.57. The van der Waals surface area contributed by atoms with Crippen LogP contribution in [0, 0.1) is 0 Å². The SMILES string of the molecule is OC(c1cncnc1)c1ccc(Cl)o1. The standard InChI is InChI=1S/C9H7ClN2O2/c10-8-2-1-7(14-8)9(13)6-3-11-5-12-4-6/h1-5,9,13H. The molecule has 0 saturated heterocycles. The van der Waals surface area contributed by atoms with Gasteiger partial charge in [-0.25, -0.2) is 9.97 Å². The zero-order valence-electron chi connectivity index (χ0n) is 7.09. The third-order valence-electron chi connectivity index (χ3n) is 1.76. The summed E-state index contributed by atoms with van der Waals surface area (Å²) in [4.78, 5) is 7.58. The van der Waals surface area contributed by atoms with E-state index in [1.807, 2.05) is 0 Å². The third-order valence-corrected chi connectivity index (χ3v) is 1.96. The van der Waals surface area contributed by atoms with Gasteiger partial charge < -0.3 is 9.52 Å². The highest BCUT2D eigenvalue weighted by Gasteiger charge is 2.14. The fourth-order valence-electron chi connectivity index (χ4n) is 1.09. The van der Waals surface area contributed by atoms with Crippen LogP contribution in [-0.4, -0.2) is 15.1 Å². The van der Waals surface area contributed by atoms with Gasteiger partial charge in [-0.1, -0.05) is 0 Å². The van der Waals surface area contributed by atoms with Crippen LogP contribution in [0.5, 0.6) is 0 Å². The van der Waals surface area contributed by atoms with Crippen molar-refractivity contribution >= 4 is 11.6 Å². The van der Waals surface area contributed by atoms with E-state index in [4.69, 9.17) is 16.0 Å². The largest absolute Gasteiger partial charge is 0.447 e. The highest BCUT2D eigenvalue weighted by Crippen LogP contribution is 2.24. The fraction of sp³-hybridized carbons (Fsp3) is 0.111. The van der Waals surface area contributed by atoms with Crippen molar-refractivity contribution in [2.75, 3.05) is 0 Å². The van der Waals surface area contributed by atoms with E-state index in [0.717, 1.165) is 0 Å². The number of aromatic nitrogens is 2. The second-order valence-electron chi connectivity index (χ2n) is 2.72. The zero-order chi connectivity index (χ0) is 9.97. The summed E-state index contributed by atoms with van der Waals surface area (Å²) < 4.78 is 5.06. The normalized spacial score (nSPS) is 12.7. The van der Waals surface area contributed by atoms with Gasteiger partial charge in [0.05, 0.1) is 0 Å². The minimum absolute atomic E-state index is 0.246. The summed E-state index contributed by atoms with van der Waals surface area (Å²) in [5.74, 6) is 0.379. The molecule has 0 bridgehead atoms. The minimum Gasteiger partial charge on any atom is -0.447 e. The molecular weight excluding hydrogens is 204 g/mol. The molecule has 5 heteroatoms. The highest BCUT2D eigenvalue weighted by molar-refractivity contribution is 6.28. The van der Waals surface area contributed by atoms with E-state index in [0.29, 0.717) is 11.3 Å². The monoisotopic (exact) mass is 210 g/mol. The Morgan fingerprint density at radius 1 is 1.29 bits per heavy atom. The minimum atomic E-state index is -0.872. The number of furan rings is 1. The maximum absolute atomic E-state index is 9.77. The molecule has 1 N–H and O–H groups in total. The Kier molecular flexibility index (Phi) is 2.47. The van der Waals surface area contributed by atoms with Gasteiger partial charge in [0, 0.05) is 18.0 Å². The first-order valence-corrected chi connectivity index (χ1v) is 4.33. The van der Waals surface area contributed by atoms with Crippen molar-refractivity contribution in [2.24, 2.45) is 0 Å². The Labute approximate surface area is 85.2 Å². The Hall–Kier alpha value is -1.39. The summed E-state index contributed by atoms with van der Waals surface area (Å²) in [5.41, 5.74) is 0.568. The molecule has 0 spiro atoms. The first-order chi connectivity index (χ1) is 6.77. The van der Waals surface area contributed by atoms with Crippen molar-refractivity contribution in [3.05, 3.63) is 47.4 Å². The van der Waals surface area contributed by atoms with Crippen LogP contribution in [0.3, 0.4) is 0 Å². The number of halogens is 1. The molecule has 0 radical (unpaired) electrons. The molecule has 2 aromatic heterocycles. The molecular formula is C9H7ClN2O2. The van der Waals surface area contributed by atoms with Crippen LogP contribution in [0.25, 0.3) is 0 Å². The predicted molar refractivity (Wildman–Crippen MR) is 49.8 cm³/mol. The van der Waals surface area contributed by atoms with Crippen LogP contribution in [-0.2, 0) is 0 Å². The molecule has 2 rings (SSSR count). The lowest BCUT2D eigenvalue weighted by Crippen LogP contribution is -1.98. The molecule has 0 aliphatic rings. The van der Waals surface area contributed by atoms with Crippen molar-refractivity contribution in [3.8, 4) is 0 Å². The molecule has 0 fully saturated rings. The number of aliphatic hydroxyl groups excluding tert-OH is 1. The van der Waals surface area contributed by atoms with Gasteiger partial charge in [0.25, 0.3) is 0 Å². The molecule has 1 unspecified atom stereocenters. The molecule has 0 aliphatic carbocycles. The Balaban J connectivity index is 2.29. The third kappa shape index (κ3) is 1.76. The Morgan fingerprint density at radius 2 is 2.00 bits per heavy atom. The van der Waals surface area contributed by atoms with E-state index < -0.39 is 6.10 Å². The number of nitrogens with zero attached hydrogens (tertiary/aromatic N) is 2. The van der Waals surface area contributed by atoms with Crippen molar-refractivity contribution < 1.29 is 9.52 Å². The van der Waals surface area contributed by atoms with Gasteiger partial charge in [-0.05, 0) is 23.7 Å². The van der Waals surface area contributed by atoms with Gasteiger partial charge in [0.2, 0.25) is 0 Å². The second kappa shape index (κ2) is 3.77. The van der Waals surface area contributed by atoms with Crippen molar-refractivity contribution in [1.29, 1.82) is 0 Å². The lowest BCUT2D eigenvalue weighted by molar-refractivity contribution is 0.188. The van der Waals surface area contributed by atoms with Gasteiger partial charge in [0.1, 0.15) is 18.2 Å². The van der Waals surface area contributed by atoms with Crippen molar-refractivity contribution in [1.82, 2.24) is 9.97 Å². The average molecular weight is 211 g/mol. The molecule has 2 aromatic rings. The Morgan fingerprint density at radius 3 is 2.57 bits per heavy atom. The zero-order valence-corrected chi connectivity index (χ0v) is 7.85. The van der Waals surface area contributed by atoms with Gasteiger partial charge >= 0.3 is 0 Å². The second-order valence-corrected chi connectivity index (χ2v) is 3.09.